The maximum Gasteiger partial charge on any atom is 0.317 e. The quantitative estimate of drug-likeness (QED) is 0.582. The van der Waals surface area contributed by atoms with E-state index in [9.17, 15) is 4.79 Å². The zero-order valence-corrected chi connectivity index (χ0v) is 7.12. The maximum atomic E-state index is 11.4. The predicted molar refractivity (Wildman–Crippen MR) is 46.9 cm³/mol. The van der Waals surface area contributed by atoms with Gasteiger partial charge in [0.25, 0.3) is 0 Å². The lowest BCUT2D eigenvalue weighted by molar-refractivity contribution is 0.202. The standard InChI is InChI=1S/C9H14N2O/c12-9(10-8-4-5-8)11-6-2-1-3-7-11/h1-2,8H,3-7H2,(H,10,12). The molecule has 0 bridgehead atoms. The zero-order valence-electron chi connectivity index (χ0n) is 7.12. The molecule has 1 N–H and O–H groups in total. The van der Waals surface area contributed by atoms with E-state index in [0.29, 0.717) is 6.04 Å². The lowest BCUT2D eigenvalue weighted by atomic mass is 10.3. The van der Waals surface area contributed by atoms with Gasteiger partial charge in [0.1, 0.15) is 0 Å². The van der Waals surface area contributed by atoms with Gasteiger partial charge in [-0.1, -0.05) is 12.2 Å². The topological polar surface area (TPSA) is 32.3 Å². The van der Waals surface area contributed by atoms with Gasteiger partial charge in [0.15, 0.2) is 0 Å². The molecule has 0 aromatic carbocycles. The molecule has 0 radical (unpaired) electrons. The van der Waals surface area contributed by atoms with Crippen LogP contribution in [0.4, 0.5) is 4.79 Å². The molecule has 66 valence electrons. The van der Waals surface area contributed by atoms with Crippen molar-refractivity contribution in [3.05, 3.63) is 12.2 Å². The van der Waals surface area contributed by atoms with E-state index < -0.39 is 0 Å². The third-order valence-electron chi connectivity index (χ3n) is 2.25. The van der Waals surface area contributed by atoms with Crippen LogP contribution in [0.2, 0.25) is 0 Å². The molecule has 2 aliphatic rings. The molecule has 0 aromatic heterocycles. The van der Waals surface area contributed by atoms with E-state index in [4.69, 9.17) is 0 Å². The van der Waals surface area contributed by atoms with E-state index in [1.807, 2.05) is 4.90 Å². The van der Waals surface area contributed by atoms with Gasteiger partial charge in [0.2, 0.25) is 0 Å². The Labute approximate surface area is 72.4 Å². The highest BCUT2D eigenvalue weighted by molar-refractivity contribution is 5.75. The molecule has 0 saturated heterocycles. The van der Waals surface area contributed by atoms with Crippen molar-refractivity contribution in [1.82, 2.24) is 10.2 Å². The molecular weight excluding hydrogens is 152 g/mol. The minimum absolute atomic E-state index is 0.113. The summed E-state index contributed by atoms with van der Waals surface area (Å²) in [7, 11) is 0. The van der Waals surface area contributed by atoms with Crippen LogP contribution >= 0.6 is 0 Å². The monoisotopic (exact) mass is 166 g/mol. The third kappa shape index (κ3) is 1.78. The van der Waals surface area contributed by atoms with Crippen LogP contribution in [0.3, 0.4) is 0 Å². The van der Waals surface area contributed by atoms with E-state index in [-0.39, 0.29) is 6.03 Å². The first-order chi connectivity index (χ1) is 5.86. The highest BCUT2D eigenvalue weighted by Crippen LogP contribution is 2.19. The molecule has 0 atom stereocenters. The van der Waals surface area contributed by atoms with Crippen molar-refractivity contribution in [1.29, 1.82) is 0 Å². The summed E-state index contributed by atoms with van der Waals surface area (Å²) < 4.78 is 0. The summed E-state index contributed by atoms with van der Waals surface area (Å²) in [5.41, 5.74) is 0. The Balaban J connectivity index is 1.81. The van der Waals surface area contributed by atoms with E-state index in [2.05, 4.69) is 17.5 Å². The van der Waals surface area contributed by atoms with Crippen LogP contribution in [-0.4, -0.2) is 30.1 Å². The Bertz CT molecular complexity index is 209. The smallest absolute Gasteiger partial charge is 0.317 e. The van der Waals surface area contributed by atoms with Crippen LogP contribution in [0.1, 0.15) is 19.3 Å². The van der Waals surface area contributed by atoms with Crippen molar-refractivity contribution in [2.75, 3.05) is 13.1 Å². The van der Waals surface area contributed by atoms with Crippen LogP contribution < -0.4 is 5.32 Å². The number of rotatable bonds is 1. The molecule has 2 rings (SSSR count). The van der Waals surface area contributed by atoms with Gasteiger partial charge in [-0.2, -0.15) is 0 Å². The van der Waals surface area contributed by atoms with Crippen molar-refractivity contribution in [2.45, 2.75) is 25.3 Å². The van der Waals surface area contributed by atoms with Gasteiger partial charge in [-0.05, 0) is 19.3 Å². The van der Waals surface area contributed by atoms with Crippen LogP contribution in [0.5, 0.6) is 0 Å². The molecule has 1 heterocycles. The van der Waals surface area contributed by atoms with Gasteiger partial charge < -0.3 is 10.2 Å². The van der Waals surface area contributed by atoms with Gasteiger partial charge >= 0.3 is 6.03 Å². The lowest BCUT2D eigenvalue weighted by Gasteiger charge is -2.23. The van der Waals surface area contributed by atoms with E-state index in [1.54, 1.807) is 0 Å². The van der Waals surface area contributed by atoms with Crippen LogP contribution in [-0.2, 0) is 0 Å². The summed E-state index contributed by atoms with van der Waals surface area (Å²) in [4.78, 5) is 13.3. The van der Waals surface area contributed by atoms with Gasteiger partial charge in [-0.3, -0.25) is 0 Å². The normalized spacial score (nSPS) is 22.5. The second-order valence-corrected chi connectivity index (χ2v) is 3.43. The summed E-state index contributed by atoms with van der Waals surface area (Å²) in [6.07, 6.45) is 7.50. The average Bonchev–Trinajstić information content (AvgIpc) is 2.90. The molecule has 0 aromatic rings. The number of amides is 2. The second kappa shape index (κ2) is 3.17. The molecule has 12 heavy (non-hydrogen) atoms. The summed E-state index contributed by atoms with van der Waals surface area (Å²) in [5, 5.41) is 2.98. The number of nitrogens with zero attached hydrogens (tertiary/aromatic N) is 1. The SMILES string of the molecule is O=C(NC1CC1)N1CC=CCC1. The van der Waals surface area contributed by atoms with Crippen LogP contribution in [0.15, 0.2) is 12.2 Å². The number of nitrogens with one attached hydrogen (secondary N) is 1. The molecular formula is C9H14N2O. The zero-order chi connectivity index (χ0) is 8.39. The summed E-state index contributed by atoms with van der Waals surface area (Å²) in [6.45, 7) is 1.65. The van der Waals surface area contributed by atoms with Crippen molar-refractivity contribution in [3.8, 4) is 0 Å². The van der Waals surface area contributed by atoms with Crippen LogP contribution in [0, 0.1) is 0 Å². The minimum atomic E-state index is 0.113. The molecule has 1 aliphatic carbocycles. The molecule has 1 fully saturated rings. The molecule has 3 heteroatoms. The van der Waals surface area contributed by atoms with E-state index >= 15 is 0 Å². The number of hydrogen-bond donors (Lipinski definition) is 1. The van der Waals surface area contributed by atoms with Gasteiger partial charge in [-0.25, -0.2) is 4.79 Å². The number of carbonyl (C=O) groups is 1. The van der Waals surface area contributed by atoms with Crippen molar-refractivity contribution in [2.24, 2.45) is 0 Å². The fourth-order valence-corrected chi connectivity index (χ4v) is 1.32. The summed E-state index contributed by atoms with van der Waals surface area (Å²) >= 11 is 0. The first-order valence-electron chi connectivity index (χ1n) is 4.57. The first-order valence-corrected chi connectivity index (χ1v) is 4.57. The number of hydrogen-bond acceptors (Lipinski definition) is 1. The molecule has 1 saturated carbocycles. The van der Waals surface area contributed by atoms with E-state index in [1.165, 1.54) is 0 Å². The second-order valence-electron chi connectivity index (χ2n) is 3.43. The number of carbonyl (C=O) groups excluding carboxylic acids is 1. The van der Waals surface area contributed by atoms with Crippen molar-refractivity contribution in [3.63, 3.8) is 0 Å². The highest BCUT2D eigenvalue weighted by Gasteiger charge is 2.25. The predicted octanol–water partition coefficient (Wildman–Crippen LogP) is 1.12. The average molecular weight is 166 g/mol. The van der Waals surface area contributed by atoms with Crippen molar-refractivity contribution < 1.29 is 4.79 Å². The summed E-state index contributed by atoms with van der Waals surface area (Å²) in [5.74, 6) is 0. The molecule has 0 unspecified atom stereocenters. The first kappa shape index (κ1) is 7.65. The van der Waals surface area contributed by atoms with Gasteiger partial charge in [-0.15, -0.1) is 0 Å². The Morgan fingerprint density at radius 3 is 2.83 bits per heavy atom. The highest BCUT2D eigenvalue weighted by atomic mass is 16.2. The molecule has 2 amide bonds. The Hall–Kier alpha value is -0.990. The molecule has 3 nitrogen and oxygen atoms in total. The number of urea groups is 1. The Morgan fingerprint density at radius 2 is 2.25 bits per heavy atom. The lowest BCUT2D eigenvalue weighted by Crippen LogP contribution is -2.42. The van der Waals surface area contributed by atoms with Gasteiger partial charge in [0.05, 0.1) is 0 Å². The Kier molecular flexibility index (Phi) is 2.02. The minimum Gasteiger partial charge on any atom is -0.335 e. The fraction of sp³-hybridized carbons (Fsp3) is 0.667. The molecule has 1 aliphatic heterocycles. The van der Waals surface area contributed by atoms with Crippen LogP contribution in [0.25, 0.3) is 0 Å². The molecule has 0 spiro atoms. The third-order valence-corrected chi connectivity index (χ3v) is 2.25. The maximum absolute atomic E-state index is 11.4. The fourth-order valence-electron chi connectivity index (χ4n) is 1.32. The van der Waals surface area contributed by atoms with E-state index in [0.717, 1.165) is 32.4 Å². The largest absolute Gasteiger partial charge is 0.335 e. The Morgan fingerprint density at radius 1 is 1.42 bits per heavy atom. The van der Waals surface area contributed by atoms with Crippen molar-refractivity contribution >= 4 is 6.03 Å². The summed E-state index contributed by atoms with van der Waals surface area (Å²) in [6, 6.07) is 0.588. The van der Waals surface area contributed by atoms with Gasteiger partial charge in [0, 0.05) is 19.1 Å².